The fourth-order valence-corrected chi connectivity index (χ4v) is 2.28. The molecule has 0 saturated carbocycles. The summed E-state index contributed by atoms with van der Waals surface area (Å²) in [7, 11) is -4.46. The highest BCUT2D eigenvalue weighted by molar-refractivity contribution is 7.46. The lowest BCUT2D eigenvalue weighted by Gasteiger charge is -2.20. The maximum atomic E-state index is 11.3. The van der Waals surface area contributed by atoms with Crippen LogP contribution >= 0.6 is 7.82 Å². The third-order valence-corrected chi connectivity index (χ3v) is 5.00. The van der Waals surface area contributed by atoms with Crippen molar-refractivity contribution in [3.8, 4) is 0 Å². The van der Waals surface area contributed by atoms with Crippen molar-refractivity contribution in [2.24, 2.45) is 5.41 Å². The standard InChI is InChI=1S/C11H17NO2.C8H17O6P/c1-3-9(2)10-4-6-12(7-5-10)8-11(13)14;1-4-8(2,3)7(9)13-5-6-14-15(10,11)12/h4-7,9,11,13H,3,8H2,1-2H3;4-6H2,1-3H3,(H2,10,11,12). The Morgan fingerprint density at radius 3 is 2.21 bits per heavy atom. The lowest BCUT2D eigenvalue weighted by molar-refractivity contribution is -0.735. The number of nitrogens with zero attached hydrogens (tertiary/aromatic N) is 1. The number of carbonyl (C=O) groups excluding carboxylic acids is 1. The van der Waals surface area contributed by atoms with Crippen molar-refractivity contribution >= 4 is 13.8 Å². The lowest BCUT2D eigenvalue weighted by Crippen LogP contribution is -2.44. The van der Waals surface area contributed by atoms with Crippen molar-refractivity contribution in [3.63, 3.8) is 0 Å². The number of carbonyl (C=O) groups is 1. The number of aliphatic hydroxyl groups is 1. The van der Waals surface area contributed by atoms with Crippen LogP contribution in [0.2, 0.25) is 0 Å². The predicted octanol–water partition coefficient (Wildman–Crippen LogP) is 1.24. The van der Waals surface area contributed by atoms with Crippen molar-refractivity contribution in [1.82, 2.24) is 0 Å². The number of aliphatic hydroxyl groups excluding tert-OH is 1. The molecule has 1 aromatic heterocycles. The zero-order chi connectivity index (χ0) is 22.7. The second-order valence-electron chi connectivity index (χ2n) is 7.29. The summed E-state index contributed by atoms with van der Waals surface area (Å²) < 4.78 is 20.9. The van der Waals surface area contributed by atoms with Crippen molar-refractivity contribution < 1.29 is 43.2 Å². The molecule has 3 N–H and O–H groups in total. The van der Waals surface area contributed by atoms with E-state index in [0.717, 1.165) is 6.42 Å². The molecule has 0 radical (unpaired) electrons. The van der Waals surface area contributed by atoms with Gasteiger partial charge in [0.25, 0.3) is 0 Å². The molecular formula is C19H34NO8P. The number of phosphoric acid groups is 1. The highest BCUT2D eigenvalue weighted by Gasteiger charge is 2.27. The first-order chi connectivity index (χ1) is 13.3. The van der Waals surface area contributed by atoms with Gasteiger partial charge in [0.2, 0.25) is 0 Å². The number of hydrogen-bond donors (Lipinski definition) is 3. The van der Waals surface area contributed by atoms with Crippen LogP contribution in [0.4, 0.5) is 0 Å². The number of ether oxygens (including phenoxy) is 1. The smallest absolute Gasteiger partial charge is 0.469 e. The quantitative estimate of drug-likeness (QED) is 0.164. The first-order valence-corrected chi connectivity index (χ1v) is 11.1. The number of hydrogen-bond acceptors (Lipinski definition) is 6. The maximum absolute atomic E-state index is 11.3. The fourth-order valence-electron chi connectivity index (χ4n) is 1.97. The van der Waals surface area contributed by atoms with Crippen molar-refractivity contribution in [2.45, 2.75) is 66.2 Å². The van der Waals surface area contributed by atoms with E-state index < -0.39 is 25.5 Å². The first-order valence-electron chi connectivity index (χ1n) is 9.52. The van der Waals surface area contributed by atoms with Crippen LogP contribution in [0, 0.1) is 5.41 Å². The Bertz CT molecular complexity index is 642. The third-order valence-electron chi connectivity index (χ3n) is 4.48. The summed E-state index contributed by atoms with van der Waals surface area (Å²) in [4.78, 5) is 28.0. The van der Waals surface area contributed by atoms with Gasteiger partial charge >= 0.3 is 13.8 Å². The molecule has 0 aliphatic carbocycles. The average Bonchev–Trinajstić information content (AvgIpc) is 2.64. The van der Waals surface area contributed by atoms with Gasteiger partial charge in [-0.25, -0.2) is 9.13 Å². The van der Waals surface area contributed by atoms with Crippen LogP contribution in [0.3, 0.4) is 0 Å². The van der Waals surface area contributed by atoms with Crippen LogP contribution in [0.25, 0.3) is 0 Å². The molecule has 1 aromatic rings. The molecule has 0 aromatic carbocycles. The molecule has 0 spiro atoms. The highest BCUT2D eigenvalue weighted by Crippen LogP contribution is 2.35. The van der Waals surface area contributed by atoms with Gasteiger partial charge in [0.15, 0.2) is 18.9 Å². The topological polar surface area (TPSA) is 140 Å². The average molecular weight is 435 g/mol. The van der Waals surface area contributed by atoms with Crippen molar-refractivity contribution in [1.29, 1.82) is 0 Å². The molecule has 0 amide bonds. The second-order valence-corrected chi connectivity index (χ2v) is 8.53. The van der Waals surface area contributed by atoms with E-state index in [9.17, 15) is 14.5 Å². The molecule has 0 fully saturated rings. The fraction of sp³-hybridized carbons (Fsp3) is 0.684. The van der Waals surface area contributed by atoms with E-state index in [0.29, 0.717) is 12.3 Å². The minimum atomic E-state index is -4.46. The summed E-state index contributed by atoms with van der Waals surface area (Å²) in [6.07, 6.45) is 3.87. The molecule has 0 bridgehead atoms. The Hall–Kier alpha value is -1.35. The third kappa shape index (κ3) is 12.7. The summed E-state index contributed by atoms with van der Waals surface area (Å²) >= 11 is 0. The first kappa shape index (κ1) is 27.6. The summed E-state index contributed by atoms with van der Waals surface area (Å²) in [5.41, 5.74) is 0.686. The van der Waals surface area contributed by atoms with Gasteiger partial charge in [-0.2, -0.15) is 0 Å². The number of pyridine rings is 1. The van der Waals surface area contributed by atoms with E-state index in [1.807, 2.05) is 31.5 Å². The van der Waals surface area contributed by atoms with Crippen LogP contribution in [0.5, 0.6) is 0 Å². The molecular weight excluding hydrogens is 401 g/mol. The lowest BCUT2D eigenvalue weighted by atomic mass is 9.91. The highest BCUT2D eigenvalue weighted by atomic mass is 31.2. The van der Waals surface area contributed by atoms with Crippen molar-refractivity contribution in [2.75, 3.05) is 13.2 Å². The monoisotopic (exact) mass is 435 g/mol. The van der Waals surface area contributed by atoms with E-state index >= 15 is 0 Å². The summed E-state index contributed by atoms with van der Waals surface area (Å²) in [6, 6.07) is 3.99. The van der Waals surface area contributed by atoms with Gasteiger partial charge in [-0.1, -0.05) is 20.8 Å². The number of rotatable bonds is 10. The van der Waals surface area contributed by atoms with E-state index in [1.54, 1.807) is 18.4 Å². The van der Waals surface area contributed by atoms with E-state index in [1.165, 1.54) is 5.56 Å². The predicted molar refractivity (Wildman–Crippen MR) is 104 cm³/mol. The Balaban J connectivity index is 0.000000541. The number of aromatic nitrogens is 1. The van der Waals surface area contributed by atoms with Gasteiger partial charge in [0.1, 0.15) is 6.61 Å². The summed E-state index contributed by atoms with van der Waals surface area (Å²) in [6.45, 7) is 9.28. The van der Waals surface area contributed by atoms with E-state index in [-0.39, 0.29) is 19.8 Å². The van der Waals surface area contributed by atoms with E-state index in [4.69, 9.17) is 19.6 Å². The van der Waals surface area contributed by atoms with Gasteiger partial charge in [-0.05, 0) is 38.2 Å². The molecule has 1 rings (SSSR count). The molecule has 29 heavy (non-hydrogen) atoms. The zero-order valence-electron chi connectivity index (χ0n) is 17.8. The van der Waals surface area contributed by atoms with Crippen LogP contribution < -0.4 is 9.67 Å². The minimum Gasteiger partial charge on any atom is -0.827 e. The molecule has 2 atom stereocenters. The molecule has 0 aliphatic rings. The SMILES string of the molecule is CCC(C)(C)C(=O)OCCOP(=O)(O)O.CCC(C)c1cc[n+](CC([O-])O)cc1. The van der Waals surface area contributed by atoms with Gasteiger partial charge in [-0.15, -0.1) is 0 Å². The molecule has 0 aliphatic heterocycles. The molecule has 168 valence electrons. The van der Waals surface area contributed by atoms with Crippen LogP contribution in [0.1, 0.15) is 58.9 Å². The van der Waals surface area contributed by atoms with Gasteiger partial charge in [0.05, 0.1) is 12.0 Å². The van der Waals surface area contributed by atoms with Crippen LogP contribution in [0.15, 0.2) is 24.5 Å². The van der Waals surface area contributed by atoms with E-state index in [2.05, 4.69) is 18.4 Å². The van der Waals surface area contributed by atoms with Crippen LogP contribution in [-0.4, -0.2) is 40.4 Å². The van der Waals surface area contributed by atoms with Crippen molar-refractivity contribution in [3.05, 3.63) is 30.1 Å². The maximum Gasteiger partial charge on any atom is 0.469 e. The van der Waals surface area contributed by atoms with Gasteiger partial charge in [-0.3, -0.25) is 9.32 Å². The molecule has 2 unspecified atom stereocenters. The summed E-state index contributed by atoms with van der Waals surface area (Å²) in [5, 5.41) is 19.2. The normalized spacial score (nSPS) is 13.8. The number of phosphoric ester groups is 1. The molecule has 10 heteroatoms. The second kappa shape index (κ2) is 13.1. The molecule has 9 nitrogen and oxygen atoms in total. The van der Waals surface area contributed by atoms with Gasteiger partial charge < -0.3 is 24.7 Å². The molecule has 1 heterocycles. The largest absolute Gasteiger partial charge is 0.827 e. The Morgan fingerprint density at radius 2 is 1.79 bits per heavy atom. The van der Waals surface area contributed by atoms with Crippen LogP contribution in [-0.2, 0) is 25.2 Å². The Morgan fingerprint density at radius 1 is 1.24 bits per heavy atom. The molecule has 0 saturated heterocycles. The van der Waals surface area contributed by atoms with Gasteiger partial charge in [0, 0.05) is 18.4 Å². The summed E-state index contributed by atoms with van der Waals surface area (Å²) in [5.74, 6) is 0.140. The Labute approximate surface area is 172 Å². The number of esters is 1. The minimum absolute atomic E-state index is 0.112. The zero-order valence-corrected chi connectivity index (χ0v) is 18.7. The Kier molecular flexibility index (Phi) is 12.4.